The number of alkyl halides is 1. The van der Waals surface area contributed by atoms with E-state index in [2.05, 4.69) is 96.0 Å². The summed E-state index contributed by atoms with van der Waals surface area (Å²) in [5.74, 6) is -3.29. The van der Waals surface area contributed by atoms with Gasteiger partial charge in [0, 0.05) is 112 Å². The SMILES string of the molecule is CC(=O)O.CC[C@@H](N)CCC(=O)OC(C)(C)C.CC[C@@H](NC)C(=O)O.CC[C@@H]1CC(C(=O)CCl)=CCN1C.CC[C@@H]1CC(C(=O)OC(C)(C)C)=CCN1C.CC[C@@H]1CC(C(=O)OC(C)(C)C)C(O)CN1C.CC[C@@H]1CC(C(=O)OC)=CCN1C.CC[C@H](/C=C/C(=O)OC(C)(C)C)NC.CC[C@H](CCC(=O)OC(C)(C)C)N(C)CC(=O)OC.CC[C@H](CO)NC. The van der Waals surface area contributed by atoms with Crippen LogP contribution in [0.2, 0.25) is 0 Å². The lowest BCUT2D eigenvalue weighted by molar-refractivity contribution is -0.168. The molecule has 0 aliphatic carbocycles. The van der Waals surface area contributed by atoms with Crippen molar-refractivity contribution in [3.63, 3.8) is 0 Å². The molecular weight excluding hydrogens is 1610 g/mol. The molecule has 4 aliphatic rings. The van der Waals surface area contributed by atoms with Crippen LogP contribution < -0.4 is 21.7 Å². The number of rotatable bonds is 30. The Morgan fingerprint density at radius 3 is 1.26 bits per heavy atom. The number of Topliss-reactive ketones (excluding diaryl/α,β-unsaturated/α-hetero) is 1. The molecule has 11 atom stereocenters. The lowest BCUT2D eigenvalue weighted by atomic mass is 9.87. The van der Waals surface area contributed by atoms with Gasteiger partial charge < -0.3 is 80.2 Å². The number of β-amino-alcohol motifs (C(OH)–C–C–N with tert-alkyl or cyclic N) is 1. The Morgan fingerprint density at radius 2 is 0.952 bits per heavy atom. The molecule has 0 saturated carbocycles. The molecule has 728 valence electrons. The van der Waals surface area contributed by atoms with E-state index in [1.807, 2.05) is 189 Å². The Bertz CT molecular complexity index is 3030. The number of aliphatic hydroxyl groups is 2. The maximum Gasteiger partial charge on any atom is 0.334 e. The Balaban J connectivity index is -0.000000317. The number of nitrogens with one attached hydrogen (secondary N) is 3. The topological polar surface area (TPSA) is 395 Å². The Kier molecular flexibility index (Phi) is 72.2. The van der Waals surface area contributed by atoms with Crippen molar-refractivity contribution in [2.75, 3.05) is 116 Å². The summed E-state index contributed by atoms with van der Waals surface area (Å²) in [6.07, 6.45) is 22.6. The van der Waals surface area contributed by atoms with Crippen molar-refractivity contribution in [2.45, 2.75) is 371 Å². The van der Waals surface area contributed by atoms with Gasteiger partial charge in [-0.05, 0) is 262 Å². The van der Waals surface area contributed by atoms with Crippen LogP contribution in [0.5, 0.6) is 0 Å². The number of hydrogen-bond acceptors (Lipinski definition) is 28. The largest absolute Gasteiger partial charge is 0.481 e. The number of halogens is 1. The second-order valence-corrected chi connectivity index (χ2v) is 36.4. The predicted octanol–water partition coefficient (Wildman–Crippen LogP) is 12.7. The number of likely N-dealkylation sites (tertiary alicyclic amines) is 1. The van der Waals surface area contributed by atoms with Gasteiger partial charge in [0.05, 0.1) is 45.3 Å². The summed E-state index contributed by atoms with van der Waals surface area (Å²) in [6.45, 7) is 51.2. The van der Waals surface area contributed by atoms with Gasteiger partial charge in [0.1, 0.15) is 34.0 Å². The molecule has 2 unspecified atom stereocenters. The summed E-state index contributed by atoms with van der Waals surface area (Å²) >= 11 is 5.51. The van der Waals surface area contributed by atoms with Crippen LogP contribution in [-0.4, -0.2) is 309 Å². The number of ether oxygens (including phenoxy) is 7. The third-order valence-corrected chi connectivity index (χ3v) is 20.0. The van der Waals surface area contributed by atoms with Crippen molar-refractivity contribution >= 4 is 71.1 Å². The van der Waals surface area contributed by atoms with Crippen molar-refractivity contribution in [1.29, 1.82) is 0 Å². The highest BCUT2D eigenvalue weighted by atomic mass is 35.5. The fourth-order valence-corrected chi connectivity index (χ4v) is 12.3. The molecule has 9 N–H and O–H groups in total. The number of hydrogen-bond donors (Lipinski definition) is 8. The number of ketones is 1. The first-order chi connectivity index (χ1) is 57.2. The average molecular weight is 1790 g/mol. The van der Waals surface area contributed by atoms with Crippen molar-refractivity contribution in [3.8, 4) is 0 Å². The maximum atomic E-state index is 12.0. The fourth-order valence-electron chi connectivity index (χ4n) is 12.1. The third kappa shape index (κ3) is 68.8. The lowest BCUT2D eigenvalue weighted by Gasteiger charge is -2.39. The van der Waals surface area contributed by atoms with Gasteiger partial charge in [-0.25, -0.2) is 14.4 Å². The number of aliphatic carboxylic acids is 2. The minimum atomic E-state index is -0.833. The first-order valence-electron chi connectivity index (χ1n) is 44.3. The van der Waals surface area contributed by atoms with E-state index in [4.69, 9.17) is 65.9 Å². The first-order valence-corrected chi connectivity index (χ1v) is 44.8. The molecule has 0 aromatic carbocycles. The molecule has 0 aromatic rings. The van der Waals surface area contributed by atoms with Crippen LogP contribution >= 0.6 is 11.6 Å². The second-order valence-electron chi connectivity index (χ2n) is 36.2. The fraction of sp³-hybridized carbons (Fsp3) is 0.806. The van der Waals surface area contributed by atoms with Crippen molar-refractivity contribution in [2.24, 2.45) is 11.7 Å². The summed E-state index contributed by atoms with van der Waals surface area (Å²) in [7, 11) is 18.3. The van der Waals surface area contributed by atoms with E-state index in [-0.39, 0.29) is 102 Å². The van der Waals surface area contributed by atoms with Gasteiger partial charge in [-0.1, -0.05) is 86.6 Å². The minimum absolute atomic E-state index is 0.0909. The van der Waals surface area contributed by atoms with E-state index in [1.54, 1.807) is 7.05 Å². The molecule has 0 bridgehead atoms. The van der Waals surface area contributed by atoms with Crippen LogP contribution in [-0.2, 0) is 81.1 Å². The molecule has 1 saturated heterocycles. The van der Waals surface area contributed by atoms with Gasteiger partial charge in [0.15, 0.2) is 5.78 Å². The number of carboxylic acid groups (broad SMARTS) is 2. The molecule has 4 rings (SSSR count). The molecule has 0 radical (unpaired) electrons. The van der Waals surface area contributed by atoms with E-state index in [1.165, 1.54) is 20.3 Å². The zero-order chi connectivity index (χ0) is 97.8. The predicted molar refractivity (Wildman–Crippen MR) is 498 cm³/mol. The maximum absolute atomic E-state index is 12.0. The van der Waals surface area contributed by atoms with Gasteiger partial charge in [-0.15, -0.1) is 11.6 Å². The summed E-state index contributed by atoms with van der Waals surface area (Å²) < 4.78 is 35.6. The zero-order valence-corrected chi connectivity index (χ0v) is 84.4. The number of carbonyl (C=O) groups is 10. The van der Waals surface area contributed by atoms with E-state index in [0.29, 0.717) is 75.3 Å². The average Bonchev–Trinajstić information content (AvgIpc) is 0.826. The molecule has 31 heteroatoms. The highest BCUT2D eigenvalue weighted by Gasteiger charge is 2.39. The van der Waals surface area contributed by atoms with E-state index in [0.717, 1.165) is 114 Å². The molecule has 0 aromatic heterocycles. The number of nitrogens with zero attached hydrogens (tertiary/aromatic N) is 5. The lowest BCUT2D eigenvalue weighted by Crippen LogP contribution is -2.51. The van der Waals surface area contributed by atoms with Gasteiger partial charge >= 0.3 is 47.8 Å². The van der Waals surface area contributed by atoms with Crippen LogP contribution in [0.15, 0.2) is 47.1 Å². The van der Waals surface area contributed by atoms with Gasteiger partial charge in [-0.2, -0.15) is 0 Å². The number of nitrogens with two attached hydrogens (primary N) is 1. The second kappa shape index (κ2) is 69.7. The van der Waals surface area contributed by atoms with Crippen LogP contribution in [0.4, 0.5) is 0 Å². The molecular formula is C93H178ClN9O21. The van der Waals surface area contributed by atoms with Crippen molar-refractivity contribution in [3.05, 3.63) is 47.1 Å². The quantitative estimate of drug-likeness (QED) is 0.0143. The normalized spacial score (nSPS) is 19.2. The number of esters is 7. The van der Waals surface area contributed by atoms with Crippen LogP contribution in [0.3, 0.4) is 0 Å². The monoisotopic (exact) mass is 1790 g/mol. The highest BCUT2D eigenvalue weighted by Crippen LogP contribution is 2.28. The van der Waals surface area contributed by atoms with Gasteiger partial charge in [0.2, 0.25) is 0 Å². The minimum Gasteiger partial charge on any atom is -0.481 e. The zero-order valence-electron chi connectivity index (χ0n) is 83.6. The molecule has 4 heterocycles. The van der Waals surface area contributed by atoms with E-state index < -0.39 is 40.4 Å². The first kappa shape index (κ1) is 128. The summed E-state index contributed by atoms with van der Waals surface area (Å²) in [4.78, 5) is 122. The van der Waals surface area contributed by atoms with Crippen LogP contribution in [0.1, 0.15) is 282 Å². The number of carbonyl (C=O) groups excluding carboxylic acids is 8. The van der Waals surface area contributed by atoms with Gasteiger partial charge in [-0.3, -0.25) is 53.2 Å². The number of aliphatic hydroxyl groups excluding tert-OH is 2. The molecule has 30 nitrogen and oxygen atoms in total. The molecule has 1 fully saturated rings. The summed E-state index contributed by atoms with van der Waals surface area (Å²) in [5.41, 5.74) is 6.13. The number of carboxylic acids is 2. The van der Waals surface area contributed by atoms with Gasteiger partial charge in [0.25, 0.3) is 5.97 Å². The van der Waals surface area contributed by atoms with Crippen LogP contribution in [0.25, 0.3) is 0 Å². The molecule has 0 spiro atoms. The van der Waals surface area contributed by atoms with Crippen LogP contribution in [0, 0.1) is 5.92 Å². The van der Waals surface area contributed by atoms with E-state index >= 15 is 0 Å². The number of piperidine rings is 1. The summed E-state index contributed by atoms with van der Waals surface area (Å²) in [5, 5.41) is 42.8. The highest BCUT2D eigenvalue weighted by molar-refractivity contribution is 6.30. The number of likely N-dealkylation sites (N-methyl/N-ethyl adjacent to an activating group) is 8. The van der Waals surface area contributed by atoms with Crippen molar-refractivity contribution in [1.82, 2.24) is 40.4 Å². The van der Waals surface area contributed by atoms with E-state index in [9.17, 15) is 48.3 Å². The smallest absolute Gasteiger partial charge is 0.334 e. The Hall–Kier alpha value is -6.29. The number of methoxy groups -OCH3 is 2. The molecule has 124 heavy (non-hydrogen) atoms. The Labute approximate surface area is 754 Å². The molecule has 4 aliphatic heterocycles. The Morgan fingerprint density at radius 1 is 0.540 bits per heavy atom. The third-order valence-electron chi connectivity index (χ3n) is 19.7. The van der Waals surface area contributed by atoms with Crippen molar-refractivity contribution < 1.29 is 102 Å². The molecule has 0 amide bonds. The standard InChI is InChI=1S/C14H27NO4.C13H25NO3.C13H23NO2.C11H21NO2.C10H16ClNO.C10H17NO2.C10H21NO2.C5H11NO2.C5H13NO.C2H4O2/c1-7-11(15(5)10-13(17)18-6)8-9-12(16)19-14(2,3)4;1-6-9-7-10(11(15)8-14(9)5)12(16)17-13(2,3)4;1-6-11-9-10(7-8-14(11)5)12(15)16-13(2,3)4;1-6-9(12-5)7-8-10(13)14-11(2,3)4;1-3-9-6-8(10(13)7-11)4-5-12(9)2;1-4-9-7-8(10(12)13-3)5-6-11(9)2;1-5-8(11)6-7-9(12)13-10(2,3)4;1-3-4(6-2)5(7)8;1-3-5(4-7)6-2;1-2(3)4/h11H,7-10H2,1-6H3;9-11,15H,6-8H2,1-5H3;7,11H,6,8-9H2,1-5H3;7-9,12H,6H2,1-5H3;4,9H,3,5-7H2,1-2H3;5,9H,4,6-7H2,1-3H3;8H,5-7,11H2,1-4H3;4,6H,3H2,1-2H3,(H,7,8);5-7H,3-4H2,1-2H3;1H3,(H,3,4)/b;;;8-7+;;;;;;/t11-;9-,10?,11?;11-;3*9-;8-;4-;5-;/m111111111./s1. The summed E-state index contributed by atoms with van der Waals surface area (Å²) in [6, 6.07) is 2.26.